The number of ether oxygens (including phenoxy) is 2. The molecule has 1 rings (SSSR count). The van der Waals surface area contributed by atoms with Gasteiger partial charge >= 0.3 is 5.97 Å². The maximum Gasteiger partial charge on any atom is 0.343 e. The number of esters is 1. The molecule has 0 aliphatic carbocycles. The van der Waals surface area contributed by atoms with E-state index in [1.165, 1.54) is 7.11 Å². The minimum absolute atomic E-state index is 0.120. The number of rotatable bonds is 3. The van der Waals surface area contributed by atoms with E-state index in [0.29, 0.717) is 11.0 Å². The Morgan fingerprint density at radius 3 is 2.92 bits per heavy atom. The Hall–Kier alpha value is -1.17. The smallest absolute Gasteiger partial charge is 0.343 e. The number of carbonyl (C=O) groups is 1. The first-order valence-electron chi connectivity index (χ1n) is 3.22. The van der Waals surface area contributed by atoms with E-state index in [1.807, 2.05) is 0 Å². The van der Waals surface area contributed by atoms with Gasteiger partial charge in [-0.1, -0.05) is 0 Å². The third-order valence-corrected chi connectivity index (χ3v) is 1.77. The summed E-state index contributed by atoms with van der Waals surface area (Å²) in [4.78, 5) is 14.5. The van der Waals surface area contributed by atoms with E-state index in [4.69, 9.17) is 4.74 Å². The summed E-state index contributed by atoms with van der Waals surface area (Å²) in [6.07, 6.45) is 0. The highest BCUT2D eigenvalue weighted by Crippen LogP contribution is 2.12. The van der Waals surface area contributed by atoms with Gasteiger partial charge in [0.2, 0.25) is 0 Å². The van der Waals surface area contributed by atoms with E-state index in [-0.39, 0.29) is 6.61 Å². The first kappa shape index (κ1) is 8.92. The lowest BCUT2D eigenvalue weighted by atomic mass is 10.7. The molecule has 66 valence electrons. The maximum absolute atomic E-state index is 10.6. The molecule has 12 heavy (non-hydrogen) atoms. The van der Waals surface area contributed by atoms with Gasteiger partial charge in [-0.3, -0.25) is 0 Å². The Balaban J connectivity index is 2.38. The van der Waals surface area contributed by atoms with Gasteiger partial charge in [0.25, 0.3) is 5.19 Å². The van der Waals surface area contributed by atoms with Crippen LogP contribution in [0.25, 0.3) is 0 Å². The molecule has 0 radical (unpaired) electrons. The zero-order valence-electron chi connectivity index (χ0n) is 6.73. The van der Waals surface area contributed by atoms with Crippen LogP contribution in [0.5, 0.6) is 5.19 Å². The van der Waals surface area contributed by atoms with Crippen LogP contribution in [0.15, 0.2) is 0 Å². The molecule has 5 nitrogen and oxygen atoms in total. The number of nitrogens with zero attached hydrogens (tertiary/aromatic N) is 2. The topological polar surface area (TPSA) is 61.3 Å². The lowest BCUT2D eigenvalue weighted by molar-refractivity contribution is -0.142. The molecule has 0 amide bonds. The normalized spacial score (nSPS) is 9.50. The van der Waals surface area contributed by atoms with Crippen molar-refractivity contribution in [3.05, 3.63) is 5.82 Å². The Morgan fingerprint density at radius 1 is 1.67 bits per heavy atom. The number of aryl methyl sites for hydroxylation is 1. The minimum atomic E-state index is -0.428. The van der Waals surface area contributed by atoms with Crippen molar-refractivity contribution in [2.45, 2.75) is 6.92 Å². The summed E-state index contributed by atoms with van der Waals surface area (Å²) in [5, 5.41) is 0.387. The van der Waals surface area contributed by atoms with Crippen LogP contribution in [-0.2, 0) is 9.53 Å². The van der Waals surface area contributed by atoms with E-state index < -0.39 is 5.97 Å². The predicted octanol–water partition coefficient (Wildman–Crippen LogP) is 0.398. The third kappa shape index (κ3) is 2.46. The summed E-state index contributed by atoms with van der Waals surface area (Å²) < 4.78 is 13.2. The van der Waals surface area contributed by atoms with Gasteiger partial charge in [-0.15, -0.1) is 0 Å². The molecular weight excluding hydrogens is 180 g/mol. The molecule has 6 heteroatoms. The van der Waals surface area contributed by atoms with E-state index in [2.05, 4.69) is 14.1 Å². The van der Waals surface area contributed by atoms with Crippen molar-refractivity contribution >= 4 is 17.5 Å². The number of methoxy groups -OCH3 is 1. The molecule has 0 aliphatic rings. The highest BCUT2D eigenvalue weighted by Gasteiger charge is 2.04. The molecule has 1 aromatic rings. The van der Waals surface area contributed by atoms with Crippen LogP contribution >= 0.6 is 11.5 Å². The average Bonchev–Trinajstić information content (AvgIpc) is 2.47. The van der Waals surface area contributed by atoms with Crippen LogP contribution in [0, 0.1) is 6.92 Å². The Morgan fingerprint density at radius 2 is 2.42 bits per heavy atom. The molecule has 0 fully saturated rings. The van der Waals surface area contributed by atoms with Crippen molar-refractivity contribution in [3.63, 3.8) is 0 Å². The standard InChI is InChI=1S/C6H8N2O3S/c1-4-7-6(12-8-4)11-3-5(9)10-2/h3H2,1-2H3. The minimum Gasteiger partial charge on any atom is -0.466 e. The van der Waals surface area contributed by atoms with Crippen LogP contribution in [0.2, 0.25) is 0 Å². The van der Waals surface area contributed by atoms with Crippen LogP contribution in [0.3, 0.4) is 0 Å². The first-order valence-corrected chi connectivity index (χ1v) is 3.99. The average molecular weight is 188 g/mol. The molecule has 0 spiro atoms. The number of aromatic nitrogens is 2. The monoisotopic (exact) mass is 188 g/mol. The summed E-state index contributed by atoms with van der Waals surface area (Å²) in [5.41, 5.74) is 0. The molecule has 0 saturated carbocycles. The second-order valence-corrected chi connectivity index (χ2v) is 2.69. The van der Waals surface area contributed by atoms with E-state index in [0.717, 1.165) is 11.5 Å². The highest BCUT2D eigenvalue weighted by molar-refractivity contribution is 7.07. The molecular formula is C6H8N2O3S. The zero-order chi connectivity index (χ0) is 8.97. The Bertz CT molecular complexity index is 274. The second kappa shape index (κ2) is 4.01. The predicted molar refractivity (Wildman–Crippen MR) is 42.2 cm³/mol. The lowest BCUT2D eigenvalue weighted by Crippen LogP contribution is -2.12. The van der Waals surface area contributed by atoms with Crippen LogP contribution < -0.4 is 4.74 Å². The van der Waals surface area contributed by atoms with Gasteiger partial charge in [0, 0.05) is 11.5 Å². The number of hydrogen-bond donors (Lipinski definition) is 0. The largest absolute Gasteiger partial charge is 0.466 e. The molecule has 1 heterocycles. The fraction of sp³-hybridized carbons (Fsp3) is 0.500. The van der Waals surface area contributed by atoms with Gasteiger partial charge in [0.15, 0.2) is 6.61 Å². The Kier molecular flexibility index (Phi) is 2.98. The first-order chi connectivity index (χ1) is 5.72. The van der Waals surface area contributed by atoms with Crippen LogP contribution in [0.4, 0.5) is 0 Å². The summed E-state index contributed by atoms with van der Waals surface area (Å²) in [6.45, 7) is 1.63. The molecule has 0 aliphatic heterocycles. The van der Waals surface area contributed by atoms with Crippen molar-refractivity contribution in [1.29, 1.82) is 0 Å². The van der Waals surface area contributed by atoms with Gasteiger partial charge < -0.3 is 9.47 Å². The molecule has 1 aromatic heterocycles. The fourth-order valence-corrected chi connectivity index (χ4v) is 1.05. The van der Waals surface area contributed by atoms with Crippen LogP contribution in [-0.4, -0.2) is 29.0 Å². The van der Waals surface area contributed by atoms with Crippen molar-refractivity contribution < 1.29 is 14.3 Å². The number of carbonyl (C=O) groups excluding carboxylic acids is 1. The van der Waals surface area contributed by atoms with Gasteiger partial charge in [-0.25, -0.2) is 4.79 Å². The van der Waals surface area contributed by atoms with E-state index >= 15 is 0 Å². The van der Waals surface area contributed by atoms with Crippen molar-refractivity contribution in [2.24, 2.45) is 0 Å². The number of hydrogen-bond acceptors (Lipinski definition) is 6. The SMILES string of the molecule is COC(=O)COc1nc(C)ns1. The summed E-state index contributed by atoms with van der Waals surface area (Å²) in [7, 11) is 1.30. The molecule has 0 aromatic carbocycles. The van der Waals surface area contributed by atoms with Crippen molar-refractivity contribution in [1.82, 2.24) is 9.36 Å². The van der Waals surface area contributed by atoms with Crippen LogP contribution in [0.1, 0.15) is 5.82 Å². The summed E-state index contributed by atoms with van der Waals surface area (Å²) >= 11 is 1.11. The second-order valence-electron chi connectivity index (χ2n) is 1.97. The molecule has 0 atom stereocenters. The Labute approximate surface area is 73.5 Å². The maximum atomic E-state index is 10.6. The molecule has 0 saturated heterocycles. The highest BCUT2D eigenvalue weighted by atomic mass is 32.1. The third-order valence-electron chi connectivity index (χ3n) is 1.05. The van der Waals surface area contributed by atoms with Gasteiger partial charge in [-0.05, 0) is 6.92 Å². The summed E-state index contributed by atoms with van der Waals surface area (Å²) in [5.74, 6) is 0.211. The van der Waals surface area contributed by atoms with Crippen molar-refractivity contribution in [3.8, 4) is 5.19 Å². The molecule has 0 N–H and O–H groups in total. The van der Waals surface area contributed by atoms with E-state index in [1.54, 1.807) is 6.92 Å². The van der Waals surface area contributed by atoms with Gasteiger partial charge in [0.05, 0.1) is 7.11 Å². The fourth-order valence-electron chi connectivity index (χ4n) is 0.516. The van der Waals surface area contributed by atoms with Crippen molar-refractivity contribution in [2.75, 3.05) is 13.7 Å². The molecule has 0 bridgehead atoms. The van der Waals surface area contributed by atoms with Gasteiger partial charge in [-0.2, -0.15) is 9.36 Å². The zero-order valence-corrected chi connectivity index (χ0v) is 7.55. The molecule has 0 unspecified atom stereocenters. The summed E-state index contributed by atoms with van der Waals surface area (Å²) in [6, 6.07) is 0. The van der Waals surface area contributed by atoms with Gasteiger partial charge in [0.1, 0.15) is 5.82 Å². The quantitative estimate of drug-likeness (QED) is 0.642. The lowest BCUT2D eigenvalue weighted by Gasteiger charge is -1.97. The van der Waals surface area contributed by atoms with E-state index in [9.17, 15) is 4.79 Å².